The molecule has 0 aliphatic rings. The molecule has 1 N–H and O–H groups in total. The molecule has 7 heteroatoms. The maximum Gasteiger partial charge on any atom is 0.309 e. The van der Waals surface area contributed by atoms with Crippen molar-refractivity contribution in [2.24, 2.45) is 0 Å². The van der Waals surface area contributed by atoms with Gasteiger partial charge in [0.25, 0.3) is 0 Å². The predicted octanol–water partition coefficient (Wildman–Crippen LogP) is 3.79. The highest BCUT2D eigenvalue weighted by Crippen LogP contribution is 2.32. The van der Waals surface area contributed by atoms with E-state index in [1.54, 1.807) is 31.2 Å². The van der Waals surface area contributed by atoms with E-state index in [9.17, 15) is 9.59 Å². The second kappa shape index (κ2) is 6.33. The molecule has 0 unspecified atom stereocenters. The number of benzene rings is 1. The van der Waals surface area contributed by atoms with Crippen LogP contribution in [0.5, 0.6) is 5.88 Å². The molecule has 0 fully saturated rings. The van der Waals surface area contributed by atoms with Gasteiger partial charge < -0.3 is 14.2 Å². The summed E-state index contributed by atoms with van der Waals surface area (Å²) >= 11 is 6.20. The van der Waals surface area contributed by atoms with Gasteiger partial charge in [0.2, 0.25) is 11.7 Å². The number of nitrogens with zero attached hydrogens (tertiary/aromatic N) is 1. The summed E-state index contributed by atoms with van der Waals surface area (Å²) in [4.78, 5) is 26.5. The molecule has 3 rings (SSSR count). The summed E-state index contributed by atoms with van der Waals surface area (Å²) in [5.74, 6) is -0.212. The van der Waals surface area contributed by atoms with Crippen LogP contribution in [0.3, 0.4) is 0 Å². The predicted molar refractivity (Wildman–Crippen MR) is 87.2 cm³/mol. The monoisotopic (exact) mass is 344 g/mol. The fraction of sp³-hybridized carbons (Fsp3) is 0.118. The molecule has 0 atom stereocenters. The standard InChI is InChI=1S/C17H13ClN2O4/c1-9-15(16(20-24-9)12-5-3-4-6-13(12)18)17(22)11-7-14(19-8-11)23-10(2)21/h3-8,19H,1-2H3. The Kier molecular flexibility index (Phi) is 4.22. The molecule has 0 spiro atoms. The lowest BCUT2D eigenvalue weighted by molar-refractivity contribution is -0.132. The third kappa shape index (κ3) is 2.96. The molecule has 1 aromatic carbocycles. The Bertz CT molecular complexity index is 926. The van der Waals surface area contributed by atoms with Crippen molar-refractivity contribution in [3.8, 4) is 17.1 Å². The zero-order chi connectivity index (χ0) is 17.3. The van der Waals surface area contributed by atoms with Crippen molar-refractivity contribution < 1.29 is 18.8 Å². The molecule has 3 aromatic rings. The van der Waals surface area contributed by atoms with Crippen molar-refractivity contribution in [3.63, 3.8) is 0 Å². The summed E-state index contributed by atoms with van der Waals surface area (Å²) in [6.07, 6.45) is 1.46. The van der Waals surface area contributed by atoms with Gasteiger partial charge >= 0.3 is 5.97 Å². The topological polar surface area (TPSA) is 85.2 Å². The molecule has 0 aliphatic carbocycles. The Morgan fingerprint density at radius 3 is 2.75 bits per heavy atom. The van der Waals surface area contributed by atoms with Crippen molar-refractivity contribution in [2.45, 2.75) is 13.8 Å². The largest absolute Gasteiger partial charge is 0.410 e. The smallest absolute Gasteiger partial charge is 0.309 e. The summed E-state index contributed by atoms with van der Waals surface area (Å²) in [5.41, 5.74) is 1.62. The zero-order valence-corrected chi connectivity index (χ0v) is 13.7. The molecule has 24 heavy (non-hydrogen) atoms. The molecule has 0 saturated heterocycles. The molecule has 6 nitrogen and oxygen atoms in total. The number of aromatic amines is 1. The van der Waals surface area contributed by atoms with Gasteiger partial charge in [-0.1, -0.05) is 35.0 Å². The van der Waals surface area contributed by atoms with Crippen LogP contribution >= 0.6 is 11.6 Å². The Morgan fingerprint density at radius 1 is 1.29 bits per heavy atom. The molecule has 122 valence electrons. The van der Waals surface area contributed by atoms with E-state index in [2.05, 4.69) is 10.1 Å². The average Bonchev–Trinajstić information content (AvgIpc) is 3.13. The van der Waals surface area contributed by atoms with Gasteiger partial charge in [-0.25, -0.2) is 0 Å². The molecule has 2 heterocycles. The number of halogens is 1. The van der Waals surface area contributed by atoms with Crippen LogP contribution in [0, 0.1) is 6.92 Å². The van der Waals surface area contributed by atoms with Gasteiger partial charge in [-0.3, -0.25) is 9.59 Å². The van der Waals surface area contributed by atoms with E-state index in [0.29, 0.717) is 33.2 Å². The van der Waals surface area contributed by atoms with Gasteiger partial charge in [0.15, 0.2) is 0 Å². The lowest BCUT2D eigenvalue weighted by atomic mass is 10.00. The van der Waals surface area contributed by atoms with Gasteiger partial charge in [0, 0.05) is 30.3 Å². The highest BCUT2D eigenvalue weighted by Gasteiger charge is 2.25. The van der Waals surface area contributed by atoms with Crippen molar-refractivity contribution in [3.05, 3.63) is 58.4 Å². The second-order valence-corrected chi connectivity index (χ2v) is 5.52. The average molecular weight is 345 g/mol. The SMILES string of the molecule is CC(=O)Oc1cc(C(=O)c2c(-c3ccccc3Cl)noc2C)c[nH]1. The summed E-state index contributed by atoms with van der Waals surface area (Å²) in [6.45, 7) is 2.93. The zero-order valence-electron chi connectivity index (χ0n) is 12.9. The number of aryl methyl sites for hydroxylation is 1. The summed E-state index contributed by atoms with van der Waals surface area (Å²) in [6, 6.07) is 8.51. The number of nitrogens with one attached hydrogen (secondary N) is 1. The van der Waals surface area contributed by atoms with Gasteiger partial charge in [-0.2, -0.15) is 0 Å². The lowest BCUT2D eigenvalue weighted by Crippen LogP contribution is -2.03. The van der Waals surface area contributed by atoms with Crippen molar-refractivity contribution in [1.29, 1.82) is 0 Å². The van der Waals surface area contributed by atoms with Crippen LogP contribution in [-0.2, 0) is 4.79 Å². The Morgan fingerprint density at radius 2 is 2.04 bits per heavy atom. The Labute approximate surface area is 142 Å². The maximum absolute atomic E-state index is 12.8. The van der Waals surface area contributed by atoms with Crippen LogP contribution in [0.2, 0.25) is 5.02 Å². The third-order valence-corrected chi connectivity index (χ3v) is 3.72. The van der Waals surface area contributed by atoms with Crippen molar-refractivity contribution in [2.75, 3.05) is 0 Å². The Balaban J connectivity index is 2.02. The number of ketones is 1. The number of esters is 1. The van der Waals surface area contributed by atoms with E-state index in [0.717, 1.165) is 0 Å². The number of H-pyrrole nitrogens is 1. The first-order chi connectivity index (χ1) is 11.5. The molecule has 0 radical (unpaired) electrons. The number of aromatic nitrogens is 2. The van der Waals surface area contributed by atoms with Crippen LogP contribution in [0.1, 0.15) is 28.6 Å². The fourth-order valence-electron chi connectivity index (χ4n) is 2.34. The van der Waals surface area contributed by atoms with Crippen LogP contribution in [0.4, 0.5) is 0 Å². The van der Waals surface area contributed by atoms with E-state index >= 15 is 0 Å². The molecular formula is C17H13ClN2O4. The summed E-state index contributed by atoms with van der Waals surface area (Å²) in [7, 11) is 0. The van der Waals surface area contributed by atoms with Crippen LogP contribution in [0.15, 0.2) is 41.1 Å². The number of carbonyl (C=O) groups is 2. The first-order valence-corrected chi connectivity index (χ1v) is 7.48. The molecule has 0 bridgehead atoms. The minimum absolute atomic E-state index is 0.194. The second-order valence-electron chi connectivity index (χ2n) is 5.12. The quantitative estimate of drug-likeness (QED) is 0.575. The molecule has 0 aliphatic heterocycles. The fourth-order valence-corrected chi connectivity index (χ4v) is 2.56. The molecule has 2 aromatic heterocycles. The van der Waals surface area contributed by atoms with E-state index in [4.69, 9.17) is 20.9 Å². The van der Waals surface area contributed by atoms with Crippen molar-refractivity contribution in [1.82, 2.24) is 10.1 Å². The van der Waals surface area contributed by atoms with E-state index in [-0.39, 0.29) is 11.7 Å². The third-order valence-electron chi connectivity index (χ3n) is 3.39. The first-order valence-electron chi connectivity index (χ1n) is 7.10. The van der Waals surface area contributed by atoms with Crippen LogP contribution in [0.25, 0.3) is 11.3 Å². The molecule has 0 amide bonds. The minimum Gasteiger partial charge on any atom is -0.410 e. The summed E-state index contributed by atoms with van der Waals surface area (Å²) in [5, 5.41) is 4.44. The normalized spacial score (nSPS) is 10.6. The highest BCUT2D eigenvalue weighted by molar-refractivity contribution is 6.33. The number of carbonyl (C=O) groups excluding carboxylic acids is 2. The lowest BCUT2D eigenvalue weighted by Gasteiger charge is -2.03. The molecular weight excluding hydrogens is 332 g/mol. The molecule has 0 saturated carbocycles. The Hall–Kier alpha value is -2.86. The maximum atomic E-state index is 12.8. The highest BCUT2D eigenvalue weighted by atomic mass is 35.5. The summed E-state index contributed by atoms with van der Waals surface area (Å²) < 4.78 is 10.1. The first kappa shape index (κ1) is 16.0. The van der Waals surface area contributed by atoms with Crippen molar-refractivity contribution >= 4 is 23.4 Å². The van der Waals surface area contributed by atoms with Gasteiger partial charge in [0.05, 0.1) is 10.6 Å². The van der Waals surface area contributed by atoms with Gasteiger partial charge in [-0.05, 0) is 13.0 Å². The number of rotatable bonds is 4. The van der Waals surface area contributed by atoms with E-state index in [1.807, 2.05) is 0 Å². The minimum atomic E-state index is -0.478. The number of hydrogen-bond donors (Lipinski definition) is 1. The number of ether oxygens (including phenoxy) is 1. The van der Waals surface area contributed by atoms with E-state index in [1.165, 1.54) is 19.2 Å². The van der Waals surface area contributed by atoms with Crippen LogP contribution in [-0.4, -0.2) is 21.9 Å². The van der Waals surface area contributed by atoms with E-state index < -0.39 is 5.97 Å². The van der Waals surface area contributed by atoms with Gasteiger partial charge in [0.1, 0.15) is 11.5 Å². The van der Waals surface area contributed by atoms with Crippen LogP contribution < -0.4 is 4.74 Å². The van der Waals surface area contributed by atoms with Gasteiger partial charge in [-0.15, -0.1) is 0 Å². The number of hydrogen-bond acceptors (Lipinski definition) is 5.